The monoisotopic (exact) mass is 268 g/mol. The second-order valence-electron chi connectivity index (χ2n) is 4.89. The predicted molar refractivity (Wildman–Crippen MR) is 77.9 cm³/mol. The third kappa shape index (κ3) is 2.55. The van der Waals surface area contributed by atoms with E-state index in [1.807, 2.05) is 18.2 Å². The first-order valence-electron chi connectivity index (χ1n) is 5.83. The van der Waals surface area contributed by atoms with E-state index in [0.717, 1.165) is 29.4 Å². The molecule has 1 fully saturated rings. The minimum Gasteiger partial charge on any atom is -0.389 e. The minimum absolute atomic E-state index is 0.390. The van der Waals surface area contributed by atoms with Crippen LogP contribution in [0.1, 0.15) is 19.4 Å². The van der Waals surface area contributed by atoms with E-state index in [-0.39, 0.29) is 0 Å². The van der Waals surface area contributed by atoms with E-state index < -0.39 is 0 Å². The van der Waals surface area contributed by atoms with Crippen molar-refractivity contribution < 1.29 is 0 Å². The first-order chi connectivity index (χ1) is 7.99. The van der Waals surface area contributed by atoms with Crippen LogP contribution in [0.4, 0.5) is 5.69 Å². The van der Waals surface area contributed by atoms with Crippen molar-refractivity contribution >= 4 is 34.5 Å². The lowest BCUT2D eigenvalue weighted by Gasteiger charge is -2.20. The molecule has 1 aromatic carbocycles. The molecule has 1 aliphatic rings. The molecule has 0 amide bonds. The molecule has 1 heterocycles. The molecule has 2 rings (SSSR count). The van der Waals surface area contributed by atoms with Crippen LogP contribution in [0.15, 0.2) is 18.2 Å². The molecule has 1 aromatic rings. The van der Waals surface area contributed by atoms with Crippen molar-refractivity contribution in [3.05, 3.63) is 28.8 Å². The summed E-state index contributed by atoms with van der Waals surface area (Å²) in [5, 5.41) is 0.733. The Morgan fingerprint density at radius 1 is 1.35 bits per heavy atom. The van der Waals surface area contributed by atoms with Crippen LogP contribution in [0.3, 0.4) is 0 Å². The molecule has 0 aromatic heterocycles. The second kappa shape index (κ2) is 4.83. The smallest absolute Gasteiger partial charge is 0.104 e. The molecule has 17 heavy (non-hydrogen) atoms. The van der Waals surface area contributed by atoms with Gasteiger partial charge in [-0.15, -0.1) is 0 Å². The highest BCUT2D eigenvalue weighted by molar-refractivity contribution is 7.80. The summed E-state index contributed by atoms with van der Waals surface area (Å²) in [7, 11) is 0. The van der Waals surface area contributed by atoms with Crippen LogP contribution in [0.5, 0.6) is 0 Å². The van der Waals surface area contributed by atoms with Gasteiger partial charge in [-0.05, 0) is 30.0 Å². The highest BCUT2D eigenvalue weighted by Gasteiger charge is 2.27. The molecule has 4 heteroatoms. The van der Waals surface area contributed by atoms with Gasteiger partial charge in [-0.1, -0.05) is 37.7 Å². The predicted octanol–water partition coefficient (Wildman–Crippen LogP) is 3.07. The fourth-order valence-electron chi connectivity index (χ4n) is 2.24. The number of halogens is 1. The Kier molecular flexibility index (Phi) is 3.59. The lowest BCUT2D eigenvalue weighted by molar-refractivity contribution is 0.494. The van der Waals surface area contributed by atoms with E-state index in [1.165, 1.54) is 0 Å². The normalized spacial score (nSPS) is 24.1. The summed E-state index contributed by atoms with van der Waals surface area (Å²) in [6.45, 7) is 6.69. The van der Waals surface area contributed by atoms with Gasteiger partial charge in [-0.25, -0.2) is 0 Å². The molecule has 0 aliphatic carbocycles. The topological polar surface area (TPSA) is 29.3 Å². The minimum atomic E-state index is 0.390. The summed E-state index contributed by atoms with van der Waals surface area (Å²) < 4.78 is 0. The summed E-state index contributed by atoms with van der Waals surface area (Å²) in [4.78, 5) is 2.72. The Bertz CT molecular complexity index is 437. The maximum absolute atomic E-state index is 6.29. The van der Waals surface area contributed by atoms with Crippen molar-refractivity contribution in [3.63, 3.8) is 0 Å². The molecule has 2 atom stereocenters. The standard InChI is InChI=1S/C13H17ClN2S/c1-8-6-16(7-9(8)2)12-4-3-10(13(15)17)5-11(12)14/h3-5,8-9H,6-7H2,1-2H3,(H2,15,17). The van der Waals surface area contributed by atoms with Gasteiger partial charge in [0.05, 0.1) is 10.7 Å². The lowest BCUT2D eigenvalue weighted by Crippen LogP contribution is -2.20. The average molecular weight is 269 g/mol. The third-order valence-electron chi connectivity index (χ3n) is 3.56. The quantitative estimate of drug-likeness (QED) is 0.836. The van der Waals surface area contributed by atoms with Crippen molar-refractivity contribution in [1.82, 2.24) is 0 Å². The van der Waals surface area contributed by atoms with E-state index in [2.05, 4.69) is 18.7 Å². The van der Waals surface area contributed by atoms with Crippen LogP contribution in [0, 0.1) is 11.8 Å². The van der Waals surface area contributed by atoms with Gasteiger partial charge in [0, 0.05) is 18.7 Å². The molecule has 2 nitrogen and oxygen atoms in total. The molecule has 92 valence electrons. The zero-order chi connectivity index (χ0) is 12.6. The third-order valence-corrected chi connectivity index (χ3v) is 4.10. The Hall–Kier alpha value is -0.800. The van der Waals surface area contributed by atoms with E-state index in [0.29, 0.717) is 16.8 Å². The molecular weight excluding hydrogens is 252 g/mol. The van der Waals surface area contributed by atoms with Gasteiger partial charge < -0.3 is 10.6 Å². The van der Waals surface area contributed by atoms with E-state index in [9.17, 15) is 0 Å². The molecule has 0 spiro atoms. The van der Waals surface area contributed by atoms with Crippen molar-refractivity contribution in [2.24, 2.45) is 17.6 Å². The molecular formula is C13H17ClN2S. The Balaban J connectivity index is 2.26. The highest BCUT2D eigenvalue weighted by atomic mass is 35.5. The van der Waals surface area contributed by atoms with Crippen LogP contribution < -0.4 is 10.6 Å². The molecule has 0 radical (unpaired) electrons. The van der Waals surface area contributed by atoms with Crippen molar-refractivity contribution in [3.8, 4) is 0 Å². The van der Waals surface area contributed by atoms with Crippen molar-refractivity contribution in [2.45, 2.75) is 13.8 Å². The number of nitrogens with zero attached hydrogens (tertiary/aromatic N) is 1. The number of benzene rings is 1. The zero-order valence-electron chi connectivity index (χ0n) is 10.1. The first kappa shape index (κ1) is 12.7. The van der Waals surface area contributed by atoms with Gasteiger partial charge in [-0.2, -0.15) is 0 Å². The second-order valence-corrected chi connectivity index (χ2v) is 5.74. The van der Waals surface area contributed by atoms with Crippen LogP contribution in [-0.4, -0.2) is 18.1 Å². The van der Waals surface area contributed by atoms with Crippen LogP contribution in [-0.2, 0) is 0 Å². The van der Waals surface area contributed by atoms with E-state index in [4.69, 9.17) is 29.6 Å². The molecule has 1 saturated heterocycles. The fourth-order valence-corrected chi connectivity index (χ4v) is 2.67. The van der Waals surface area contributed by atoms with Gasteiger partial charge in [0.1, 0.15) is 4.99 Å². The molecule has 2 unspecified atom stereocenters. The van der Waals surface area contributed by atoms with Gasteiger partial charge in [0.25, 0.3) is 0 Å². The highest BCUT2D eigenvalue weighted by Crippen LogP contribution is 2.33. The van der Waals surface area contributed by atoms with E-state index >= 15 is 0 Å². The van der Waals surface area contributed by atoms with Crippen LogP contribution in [0.2, 0.25) is 5.02 Å². The number of nitrogens with two attached hydrogens (primary N) is 1. The molecule has 0 saturated carbocycles. The summed E-state index contributed by atoms with van der Waals surface area (Å²) in [6, 6.07) is 5.81. The first-order valence-corrected chi connectivity index (χ1v) is 6.62. The van der Waals surface area contributed by atoms with Gasteiger partial charge >= 0.3 is 0 Å². The lowest BCUT2D eigenvalue weighted by atomic mass is 10.0. The van der Waals surface area contributed by atoms with Gasteiger partial charge in [-0.3, -0.25) is 0 Å². The van der Waals surface area contributed by atoms with Gasteiger partial charge in [0.2, 0.25) is 0 Å². The Morgan fingerprint density at radius 2 is 1.94 bits per heavy atom. The zero-order valence-corrected chi connectivity index (χ0v) is 11.7. The van der Waals surface area contributed by atoms with Crippen molar-refractivity contribution in [1.29, 1.82) is 0 Å². The number of rotatable bonds is 2. The number of hydrogen-bond donors (Lipinski definition) is 1. The molecule has 0 bridgehead atoms. The average Bonchev–Trinajstić information content (AvgIpc) is 2.58. The van der Waals surface area contributed by atoms with Gasteiger partial charge in [0.15, 0.2) is 0 Å². The molecule has 2 N–H and O–H groups in total. The number of thiocarbonyl (C=S) groups is 1. The summed E-state index contributed by atoms with van der Waals surface area (Å²) >= 11 is 11.2. The molecule has 1 aliphatic heterocycles. The Morgan fingerprint density at radius 3 is 2.41 bits per heavy atom. The van der Waals surface area contributed by atoms with Crippen molar-refractivity contribution in [2.75, 3.05) is 18.0 Å². The van der Waals surface area contributed by atoms with Crippen LogP contribution in [0.25, 0.3) is 0 Å². The van der Waals surface area contributed by atoms with E-state index in [1.54, 1.807) is 0 Å². The summed E-state index contributed by atoms with van der Waals surface area (Å²) in [5.74, 6) is 1.42. The largest absolute Gasteiger partial charge is 0.389 e. The SMILES string of the molecule is CC1CN(c2ccc(C(N)=S)cc2Cl)CC1C. The fraction of sp³-hybridized carbons (Fsp3) is 0.462. The maximum Gasteiger partial charge on any atom is 0.104 e. The summed E-state index contributed by atoms with van der Waals surface area (Å²) in [6.07, 6.45) is 0. The van der Waals surface area contributed by atoms with Crippen LogP contribution >= 0.6 is 23.8 Å². The summed E-state index contributed by atoms with van der Waals surface area (Å²) in [5.41, 5.74) is 7.50. The number of hydrogen-bond acceptors (Lipinski definition) is 2. The Labute approximate surface area is 113 Å². The maximum atomic E-state index is 6.29. The number of anilines is 1.